The van der Waals surface area contributed by atoms with Gasteiger partial charge in [-0.05, 0) is 34.4 Å². The quantitative estimate of drug-likeness (QED) is 0.767. The molecule has 2 rings (SSSR count). The van der Waals surface area contributed by atoms with Gasteiger partial charge in [0.1, 0.15) is 0 Å². The predicted octanol–water partition coefficient (Wildman–Crippen LogP) is 3.43. The number of esters is 1. The first-order valence-electron chi connectivity index (χ1n) is 6.98. The average molecular weight is 300 g/mol. The SMILES string of the molecule is COCc1ccc(-c2ccc(C(=O)OC)cc2COC)cc1. The molecule has 0 amide bonds. The summed E-state index contributed by atoms with van der Waals surface area (Å²) in [7, 11) is 4.69. The molecule has 0 radical (unpaired) electrons. The summed E-state index contributed by atoms with van der Waals surface area (Å²) in [5, 5.41) is 0. The van der Waals surface area contributed by atoms with Crippen LogP contribution in [0.3, 0.4) is 0 Å². The average Bonchev–Trinajstić information content (AvgIpc) is 2.55. The summed E-state index contributed by atoms with van der Waals surface area (Å²) < 4.78 is 15.1. The minimum Gasteiger partial charge on any atom is -0.465 e. The summed E-state index contributed by atoms with van der Waals surface area (Å²) in [6.07, 6.45) is 0. The number of hydrogen-bond acceptors (Lipinski definition) is 4. The Morgan fingerprint density at radius 3 is 2.18 bits per heavy atom. The van der Waals surface area contributed by atoms with Crippen molar-refractivity contribution in [2.45, 2.75) is 13.2 Å². The Kier molecular flexibility index (Phi) is 5.69. The van der Waals surface area contributed by atoms with Crippen LogP contribution < -0.4 is 0 Å². The molecule has 0 saturated carbocycles. The van der Waals surface area contributed by atoms with Crippen LogP contribution in [-0.2, 0) is 27.4 Å². The second kappa shape index (κ2) is 7.73. The van der Waals surface area contributed by atoms with E-state index in [9.17, 15) is 4.79 Å². The van der Waals surface area contributed by atoms with Gasteiger partial charge in [-0.15, -0.1) is 0 Å². The largest absolute Gasteiger partial charge is 0.465 e. The van der Waals surface area contributed by atoms with E-state index in [0.717, 1.165) is 22.3 Å². The molecule has 0 unspecified atom stereocenters. The van der Waals surface area contributed by atoms with Crippen molar-refractivity contribution in [1.29, 1.82) is 0 Å². The van der Waals surface area contributed by atoms with Gasteiger partial charge >= 0.3 is 5.97 Å². The molecule has 2 aromatic rings. The molecular formula is C18H20O4. The van der Waals surface area contributed by atoms with Crippen molar-refractivity contribution in [3.8, 4) is 11.1 Å². The van der Waals surface area contributed by atoms with Gasteiger partial charge in [0.15, 0.2) is 0 Å². The molecule has 0 N–H and O–H groups in total. The number of benzene rings is 2. The van der Waals surface area contributed by atoms with Crippen LogP contribution in [-0.4, -0.2) is 27.3 Å². The van der Waals surface area contributed by atoms with E-state index >= 15 is 0 Å². The first-order chi connectivity index (χ1) is 10.7. The lowest BCUT2D eigenvalue weighted by Crippen LogP contribution is -2.03. The van der Waals surface area contributed by atoms with Gasteiger partial charge in [-0.25, -0.2) is 4.79 Å². The summed E-state index contributed by atoms with van der Waals surface area (Å²) in [6.45, 7) is 1.02. The zero-order valence-corrected chi connectivity index (χ0v) is 13.1. The van der Waals surface area contributed by atoms with Crippen LogP contribution in [0.5, 0.6) is 0 Å². The van der Waals surface area contributed by atoms with E-state index in [-0.39, 0.29) is 5.97 Å². The van der Waals surface area contributed by atoms with Crippen molar-refractivity contribution in [2.24, 2.45) is 0 Å². The van der Waals surface area contributed by atoms with E-state index in [1.807, 2.05) is 36.4 Å². The highest BCUT2D eigenvalue weighted by atomic mass is 16.5. The minimum atomic E-state index is -0.348. The lowest BCUT2D eigenvalue weighted by atomic mass is 9.97. The summed E-state index contributed by atoms with van der Waals surface area (Å²) in [5.74, 6) is -0.348. The molecule has 116 valence electrons. The summed E-state index contributed by atoms with van der Waals surface area (Å²) >= 11 is 0. The zero-order chi connectivity index (χ0) is 15.9. The Bertz CT molecular complexity index is 632. The number of ether oxygens (including phenoxy) is 3. The van der Waals surface area contributed by atoms with Gasteiger partial charge in [-0.2, -0.15) is 0 Å². The Labute approximate surface area is 130 Å². The van der Waals surface area contributed by atoms with Crippen LogP contribution in [0.1, 0.15) is 21.5 Å². The fraction of sp³-hybridized carbons (Fsp3) is 0.278. The highest BCUT2D eigenvalue weighted by Crippen LogP contribution is 2.26. The second-order valence-corrected chi connectivity index (χ2v) is 4.93. The van der Waals surface area contributed by atoms with Crippen LogP contribution in [0.4, 0.5) is 0 Å². The highest BCUT2D eigenvalue weighted by molar-refractivity contribution is 5.90. The maximum Gasteiger partial charge on any atom is 0.337 e. The third-order valence-electron chi connectivity index (χ3n) is 3.40. The van der Waals surface area contributed by atoms with Crippen molar-refractivity contribution in [3.05, 3.63) is 59.2 Å². The summed E-state index contributed by atoms with van der Waals surface area (Å²) in [4.78, 5) is 11.7. The Morgan fingerprint density at radius 1 is 0.909 bits per heavy atom. The summed E-state index contributed by atoms with van der Waals surface area (Å²) in [6, 6.07) is 13.7. The standard InChI is InChI=1S/C18H20O4/c1-20-11-13-4-6-14(7-5-13)17-9-8-15(18(19)22-3)10-16(17)12-21-2/h4-10H,11-12H2,1-3H3. The monoisotopic (exact) mass is 300 g/mol. The lowest BCUT2D eigenvalue weighted by molar-refractivity contribution is 0.0600. The van der Waals surface area contributed by atoms with Crippen molar-refractivity contribution in [3.63, 3.8) is 0 Å². The molecule has 0 aliphatic rings. The van der Waals surface area contributed by atoms with Gasteiger partial charge < -0.3 is 14.2 Å². The molecule has 2 aromatic carbocycles. The number of carbonyl (C=O) groups is 1. The molecule has 0 heterocycles. The Balaban J connectivity index is 2.38. The molecule has 4 heteroatoms. The molecule has 0 aromatic heterocycles. The van der Waals surface area contributed by atoms with Crippen LogP contribution in [0.2, 0.25) is 0 Å². The Hall–Kier alpha value is -2.17. The molecular weight excluding hydrogens is 280 g/mol. The third-order valence-corrected chi connectivity index (χ3v) is 3.40. The number of hydrogen-bond donors (Lipinski definition) is 0. The van der Waals surface area contributed by atoms with Crippen molar-refractivity contribution in [2.75, 3.05) is 21.3 Å². The smallest absolute Gasteiger partial charge is 0.337 e. The molecule has 0 spiro atoms. The number of methoxy groups -OCH3 is 3. The molecule has 0 aliphatic carbocycles. The predicted molar refractivity (Wildman–Crippen MR) is 84.6 cm³/mol. The maximum absolute atomic E-state index is 11.7. The van der Waals surface area contributed by atoms with E-state index in [4.69, 9.17) is 14.2 Å². The molecule has 22 heavy (non-hydrogen) atoms. The van der Waals surface area contributed by atoms with E-state index in [1.165, 1.54) is 7.11 Å². The van der Waals surface area contributed by atoms with Crippen LogP contribution >= 0.6 is 0 Å². The fourth-order valence-corrected chi connectivity index (χ4v) is 2.34. The highest BCUT2D eigenvalue weighted by Gasteiger charge is 2.11. The van der Waals surface area contributed by atoms with E-state index < -0.39 is 0 Å². The van der Waals surface area contributed by atoms with Crippen molar-refractivity contribution < 1.29 is 19.0 Å². The fourth-order valence-electron chi connectivity index (χ4n) is 2.34. The summed E-state index contributed by atoms with van der Waals surface area (Å²) in [5.41, 5.74) is 4.70. The van der Waals surface area contributed by atoms with Crippen molar-refractivity contribution in [1.82, 2.24) is 0 Å². The molecule has 4 nitrogen and oxygen atoms in total. The maximum atomic E-state index is 11.7. The van der Waals surface area contributed by atoms with Crippen LogP contribution in [0.25, 0.3) is 11.1 Å². The van der Waals surface area contributed by atoms with Gasteiger partial charge in [-0.1, -0.05) is 30.3 Å². The second-order valence-electron chi connectivity index (χ2n) is 4.93. The van der Waals surface area contributed by atoms with E-state index in [0.29, 0.717) is 18.8 Å². The van der Waals surface area contributed by atoms with Gasteiger partial charge in [-0.3, -0.25) is 0 Å². The normalized spacial score (nSPS) is 10.5. The third kappa shape index (κ3) is 3.72. The molecule has 0 aliphatic heterocycles. The van der Waals surface area contributed by atoms with Crippen molar-refractivity contribution >= 4 is 5.97 Å². The minimum absolute atomic E-state index is 0.348. The molecule has 0 atom stereocenters. The number of rotatable bonds is 6. The lowest BCUT2D eigenvalue weighted by Gasteiger charge is -2.11. The molecule has 0 bridgehead atoms. The topological polar surface area (TPSA) is 44.8 Å². The van der Waals surface area contributed by atoms with Gasteiger partial charge in [0.25, 0.3) is 0 Å². The molecule has 0 saturated heterocycles. The van der Waals surface area contributed by atoms with E-state index in [2.05, 4.69) is 0 Å². The zero-order valence-electron chi connectivity index (χ0n) is 13.1. The first-order valence-corrected chi connectivity index (χ1v) is 6.98. The van der Waals surface area contributed by atoms with Crippen LogP contribution in [0, 0.1) is 0 Å². The number of carbonyl (C=O) groups excluding carboxylic acids is 1. The first kappa shape index (κ1) is 16.2. The van der Waals surface area contributed by atoms with E-state index in [1.54, 1.807) is 20.3 Å². The molecule has 0 fully saturated rings. The van der Waals surface area contributed by atoms with Crippen LogP contribution in [0.15, 0.2) is 42.5 Å². The van der Waals surface area contributed by atoms with Gasteiger partial charge in [0.05, 0.1) is 25.9 Å². The van der Waals surface area contributed by atoms with Gasteiger partial charge in [0, 0.05) is 14.2 Å². The van der Waals surface area contributed by atoms with Gasteiger partial charge in [0.2, 0.25) is 0 Å². The Morgan fingerprint density at radius 2 is 1.59 bits per heavy atom.